The topological polar surface area (TPSA) is 56.0 Å². The maximum Gasteiger partial charge on any atom is 0.191 e. The van der Waals surface area contributed by atoms with Crippen molar-refractivity contribution in [2.75, 3.05) is 0 Å². The van der Waals surface area contributed by atoms with E-state index in [0.29, 0.717) is 0 Å². The Morgan fingerprint density at radius 3 is 3.18 bits per heavy atom. The Labute approximate surface area is 101 Å². The molecule has 0 saturated carbocycles. The molecule has 0 amide bonds. The maximum absolute atomic E-state index is 4.70. The van der Waals surface area contributed by atoms with Crippen molar-refractivity contribution in [2.45, 2.75) is 32.6 Å². The molecule has 3 aromatic rings. The number of fused-ring (bicyclic) bond motifs is 5. The Morgan fingerprint density at radius 2 is 2.29 bits per heavy atom. The van der Waals surface area contributed by atoms with Crippen LogP contribution in [0.4, 0.5) is 0 Å². The zero-order valence-corrected chi connectivity index (χ0v) is 10.3. The standard InChI is InChI=1S/C11H11N5S/c1-2-8-12-11-9(10-13-14-15-16(8)10)6-4-3-5-7(6)17-11/h2-5H2,1H3. The van der Waals surface area contributed by atoms with E-state index in [2.05, 4.69) is 22.4 Å². The van der Waals surface area contributed by atoms with Crippen LogP contribution in [-0.4, -0.2) is 25.0 Å². The summed E-state index contributed by atoms with van der Waals surface area (Å²) in [5, 5.41) is 13.2. The van der Waals surface area contributed by atoms with E-state index in [1.165, 1.54) is 28.7 Å². The van der Waals surface area contributed by atoms with Gasteiger partial charge in [-0.1, -0.05) is 6.92 Å². The van der Waals surface area contributed by atoms with Gasteiger partial charge in [0, 0.05) is 11.3 Å². The number of nitrogens with zero attached hydrogens (tertiary/aromatic N) is 5. The summed E-state index contributed by atoms with van der Waals surface area (Å²) < 4.78 is 1.79. The first kappa shape index (κ1) is 9.47. The largest absolute Gasteiger partial charge is 0.222 e. The highest BCUT2D eigenvalue weighted by Gasteiger charge is 2.22. The van der Waals surface area contributed by atoms with E-state index in [9.17, 15) is 0 Å². The highest BCUT2D eigenvalue weighted by Crippen LogP contribution is 2.37. The second-order valence-electron chi connectivity index (χ2n) is 4.33. The number of tetrazole rings is 1. The normalized spacial score (nSPS) is 14.9. The average Bonchev–Trinajstić information content (AvgIpc) is 3.00. The van der Waals surface area contributed by atoms with Gasteiger partial charge in [-0.15, -0.1) is 16.4 Å². The van der Waals surface area contributed by atoms with Crippen LogP contribution in [0.3, 0.4) is 0 Å². The minimum absolute atomic E-state index is 0.847. The summed E-state index contributed by atoms with van der Waals surface area (Å²) in [5.41, 5.74) is 2.31. The molecule has 0 spiro atoms. The van der Waals surface area contributed by atoms with Crippen molar-refractivity contribution in [2.24, 2.45) is 0 Å². The third-order valence-corrected chi connectivity index (χ3v) is 4.57. The van der Waals surface area contributed by atoms with E-state index < -0.39 is 0 Å². The van der Waals surface area contributed by atoms with Gasteiger partial charge in [-0.25, -0.2) is 4.98 Å². The van der Waals surface area contributed by atoms with Crippen LogP contribution in [0, 0.1) is 0 Å². The van der Waals surface area contributed by atoms with E-state index >= 15 is 0 Å². The summed E-state index contributed by atoms with van der Waals surface area (Å²) in [6.07, 6.45) is 4.43. The Kier molecular flexibility index (Phi) is 1.80. The molecule has 86 valence electrons. The van der Waals surface area contributed by atoms with Crippen LogP contribution in [0.1, 0.15) is 29.6 Å². The number of aryl methyl sites for hydroxylation is 3. The van der Waals surface area contributed by atoms with Crippen LogP contribution in [-0.2, 0) is 19.3 Å². The summed E-state index contributed by atoms with van der Waals surface area (Å²) in [4.78, 5) is 7.28. The molecule has 1 aliphatic rings. The van der Waals surface area contributed by atoms with Crippen molar-refractivity contribution in [1.29, 1.82) is 0 Å². The van der Waals surface area contributed by atoms with Gasteiger partial charge in [-0.2, -0.15) is 4.52 Å². The van der Waals surface area contributed by atoms with Crippen molar-refractivity contribution >= 4 is 27.2 Å². The average molecular weight is 245 g/mol. The van der Waals surface area contributed by atoms with Crippen LogP contribution in [0.2, 0.25) is 0 Å². The third kappa shape index (κ3) is 1.13. The van der Waals surface area contributed by atoms with Crippen LogP contribution >= 0.6 is 11.3 Å². The Morgan fingerprint density at radius 1 is 1.35 bits per heavy atom. The minimum atomic E-state index is 0.847. The van der Waals surface area contributed by atoms with E-state index in [1.54, 1.807) is 4.52 Å². The molecule has 0 aromatic carbocycles. The molecule has 6 heteroatoms. The van der Waals surface area contributed by atoms with Crippen molar-refractivity contribution in [3.8, 4) is 0 Å². The molecule has 0 atom stereocenters. The highest BCUT2D eigenvalue weighted by molar-refractivity contribution is 7.19. The van der Waals surface area contributed by atoms with Gasteiger partial charge in [0.05, 0.1) is 5.39 Å². The van der Waals surface area contributed by atoms with Gasteiger partial charge < -0.3 is 0 Å². The lowest BCUT2D eigenvalue weighted by Crippen LogP contribution is -2.01. The SMILES string of the molecule is CCc1nc2sc3c(c2c2nnnn12)CCC3. The van der Waals surface area contributed by atoms with E-state index in [0.717, 1.165) is 29.1 Å². The first-order chi connectivity index (χ1) is 8.38. The van der Waals surface area contributed by atoms with Crippen molar-refractivity contribution in [3.05, 3.63) is 16.3 Å². The van der Waals surface area contributed by atoms with Gasteiger partial charge in [-0.3, -0.25) is 0 Å². The maximum atomic E-state index is 4.70. The van der Waals surface area contributed by atoms with E-state index in [1.807, 2.05) is 11.3 Å². The Hall–Kier alpha value is -1.56. The zero-order valence-electron chi connectivity index (χ0n) is 9.47. The first-order valence-corrected chi connectivity index (χ1v) is 6.71. The molecular weight excluding hydrogens is 234 g/mol. The van der Waals surface area contributed by atoms with Crippen LogP contribution < -0.4 is 0 Å². The van der Waals surface area contributed by atoms with Gasteiger partial charge >= 0.3 is 0 Å². The number of aromatic nitrogens is 5. The van der Waals surface area contributed by atoms with Gasteiger partial charge in [0.25, 0.3) is 0 Å². The van der Waals surface area contributed by atoms with Gasteiger partial charge in [-0.05, 0) is 35.3 Å². The number of hydrogen-bond acceptors (Lipinski definition) is 5. The number of hydrogen-bond donors (Lipinski definition) is 0. The van der Waals surface area contributed by atoms with Crippen LogP contribution in [0.25, 0.3) is 15.9 Å². The molecule has 0 unspecified atom stereocenters. The first-order valence-electron chi connectivity index (χ1n) is 5.89. The molecule has 0 bridgehead atoms. The van der Waals surface area contributed by atoms with Gasteiger partial charge in [0.2, 0.25) is 0 Å². The molecule has 3 heterocycles. The van der Waals surface area contributed by atoms with Crippen LogP contribution in [0.5, 0.6) is 0 Å². The predicted octanol–water partition coefficient (Wildman–Crippen LogP) is 1.79. The lowest BCUT2D eigenvalue weighted by atomic mass is 10.2. The quantitative estimate of drug-likeness (QED) is 0.656. The molecule has 0 saturated heterocycles. The summed E-state index contributed by atoms with van der Waals surface area (Å²) in [6.45, 7) is 2.08. The summed E-state index contributed by atoms with van der Waals surface area (Å²) >= 11 is 1.81. The Bertz CT molecular complexity index is 726. The van der Waals surface area contributed by atoms with E-state index in [4.69, 9.17) is 4.98 Å². The van der Waals surface area contributed by atoms with Crippen molar-refractivity contribution in [3.63, 3.8) is 0 Å². The summed E-state index contributed by atoms with van der Waals surface area (Å²) in [5.74, 6) is 0.942. The number of thiophene rings is 1. The molecule has 0 radical (unpaired) electrons. The molecule has 0 fully saturated rings. The minimum Gasteiger partial charge on any atom is -0.222 e. The molecule has 0 N–H and O–H groups in total. The van der Waals surface area contributed by atoms with Crippen molar-refractivity contribution in [1.82, 2.24) is 25.0 Å². The molecule has 1 aliphatic carbocycles. The zero-order chi connectivity index (χ0) is 11.4. The van der Waals surface area contributed by atoms with Crippen molar-refractivity contribution < 1.29 is 0 Å². The van der Waals surface area contributed by atoms with Gasteiger partial charge in [0.15, 0.2) is 5.65 Å². The number of rotatable bonds is 1. The molecule has 0 aliphatic heterocycles. The third-order valence-electron chi connectivity index (χ3n) is 3.39. The lowest BCUT2D eigenvalue weighted by molar-refractivity contribution is 0.760. The smallest absolute Gasteiger partial charge is 0.191 e. The molecule has 3 aromatic heterocycles. The lowest BCUT2D eigenvalue weighted by Gasteiger charge is -2.00. The molecular formula is C11H11N5S. The molecule has 5 nitrogen and oxygen atoms in total. The summed E-state index contributed by atoms with van der Waals surface area (Å²) in [7, 11) is 0. The molecule has 4 rings (SSSR count). The van der Waals surface area contributed by atoms with Gasteiger partial charge in [0.1, 0.15) is 10.7 Å². The van der Waals surface area contributed by atoms with E-state index in [-0.39, 0.29) is 0 Å². The predicted molar refractivity (Wildman–Crippen MR) is 65.4 cm³/mol. The summed E-state index contributed by atoms with van der Waals surface area (Å²) in [6, 6.07) is 0. The fraction of sp³-hybridized carbons (Fsp3) is 0.455. The fourth-order valence-corrected chi connectivity index (χ4v) is 3.88. The fourth-order valence-electron chi connectivity index (χ4n) is 2.61. The monoisotopic (exact) mass is 245 g/mol. The Balaban J connectivity index is 2.23. The van der Waals surface area contributed by atoms with Crippen LogP contribution in [0.15, 0.2) is 0 Å². The second-order valence-corrected chi connectivity index (χ2v) is 5.42. The second kappa shape index (κ2) is 3.22. The highest BCUT2D eigenvalue weighted by atomic mass is 32.1. The molecule has 17 heavy (non-hydrogen) atoms.